The van der Waals surface area contributed by atoms with Gasteiger partial charge in [-0.1, -0.05) is 42.8 Å². The van der Waals surface area contributed by atoms with Crippen LogP contribution >= 0.6 is 11.6 Å². The van der Waals surface area contributed by atoms with E-state index in [1.807, 2.05) is 36.4 Å². The fraction of sp³-hybridized carbons (Fsp3) is 0.294. The summed E-state index contributed by atoms with van der Waals surface area (Å²) >= 11 is 5.99. The van der Waals surface area contributed by atoms with Crippen molar-refractivity contribution in [3.05, 3.63) is 64.7 Å². The summed E-state index contributed by atoms with van der Waals surface area (Å²) in [5.41, 5.74) is 0.504. The molecule has 0 saturated carbocycles. The molecule has 2 rings (SSSR count). The number of ether oxygens (including phenoxy) is 1. The van der Waals surface area contributed by atoms with Crippen LogP contribution in [0.1, 0.15) is 31.4 Å². The van der Waals surface area contributed by atoms with Crippen molar-refractivity contribution in [3.8, 4) is 5.75 Å². The second-order valence-electron chi connectivity index (χ2n) is 4.96. The molecule has 1 N–H and O–H groups in total. The molecule has 20 heavy (non-hydrogen) atoms. The van der Waals surface area contributed by atoms with Crippen molar-refractivity contribution >= 4 is 11.6 Å². The third-order valence-corrected chi connectivity index (χ3v) is 3.51. The van der Waals surface area contributed by atoms with Crippen LogP contribution in [0, 0.1) is 0 Å². The smallest absolute Gasteiger partial charge is 0.119 e. The molecule has 2 aromatic rings. The van der Waals surface area contributed by atoms with Gasteiger partial charge in [-0.3, -0.25) is 0 Å². The SMILES string of the molecule is CCCOc1ccc(C(C)(O)c2cccc(Cl)c2)cc1. The highest BCUT2D eigenvalue weighted by molar-refractivity contribution is 6.30. The highest BCUT2D eigenvalue weighted by atomic mass is 35.5. The van der Waals surface area contributed by atoms with Gasteiger partial charge in [-0.15, -0.1) is 0 Å². The highest BCUT2D eigenvalue weighted by Crippen LogP contribution is 2.31. The lowest BCUT2D eigenvalue weighted by molar-refractivity contribution is 0.102. The van der Waals surface area contributed by atoms with Gasteiger partial charge in [-0.2, -0.15) is 0 Å². The molecule has 0 fully saturated rings. The van der Waals surface area contributed by atoms with Crippen LogP contribution in [-0.2, 0) is 5.60 Å². The van der Waals surface area contributed by atoms with E-state index < -0.39 is 5.60 Å². The second-order valence-corrected chi connectivity index (χ2v) is 5.39. The molecule has 0 bridgehead atoms. The van der Waals surface area contributed by atoms with Gasteiger partial charge in [0.1, 0.15) is 11.4 Å². The van der Waals surface area contributed by atoms with Crippen LogP contribution in [0.15, 0.2) is 48.5 Å². The van der Waals surface area contributed by atoms with Crippen LogP contribution in [0.25, 0.3) is 0 Å². The van der Waals surface area contributed by atoms with Crippen LogP contribution in [0.3, 0.4) is 0 Å². The lowest BCUT2D eigenvalue weighted by atomic mass is 9.88. The van der Waals surface area contributed by atoms with Crippen molar-refractivity contribution in [3.63, 3.8) is 0 Å². The molecule has 3 heteroatoms. The molecule has 0 aliphatic heterocycles. The quantitative estimate of drug-likeness (QED) is 0.885. The van der Waals surface area contributed by atoms with Gasteiger partial charge >= 0.3 is 0 Å². The third kappa shape index (κ3) is 3.33. The first-order chi connectivity index (χ1) is 9.54. The van der Waals surface area contributed by atoms with Gasteiger partial charge in [0.15, 0.2) is 0 Å². The number of aliphatic hydroxyl groups is 1. The molecule has 2 aromatic carbocycles. The van der Waals surface area contributed by atoms with Crippen molar-refractivity contribution < 1.29 is 9.84 Å². The fourth-order valence-corrected chi connectivity index (χ4v) is 2.24. The van der Waals surface area contributed by atoms with Crippen molar-refractivity contribution in [2.24, 2.45) is 0 Å². The summed E-state index contributed by atoms with van der Waals surface area (Å²) in [5.74, 6) is 0.817. The van der Waals surface area contributed by atoms with Gasteiger partial charge in [-0.05, 0) is 48.7 Å². The van der Waals surface area contributed by atoms with E-state index in [-0.39, 0.29) is 0 Å². The standard InChI is InChI=1S/C17H19ClO2/c1-3-11-20-16-9-7-13(8-10-16)17(2,19)14-5-4-6-15(18)12-14/h4-10,12,19H,3,11H2,1-2H3. The van der Waals surface area contributed by atoms with E-state index in [0.29, 0.717) is 11.6 Å². The predicted molar refractivity (Wildman–Crippen MR) is 82.4 cm³/mol. The van der Waals surface area contributed by atoms with E-state index in [0.717, 1.165) is 23.3 Å². The minimum absolute atomic E-state index is 0.616. The van der Waals surface area contributed by atoms with Crippen LogP contribution < -0.4 is 4.74 Å². The van der Waals surface area contributed by atoms with E-state index >= 15 is 0 Å². The first-order valence-corrected chi connectivity index (χ1v) is 7.13. The Morgan fingerprint density at radius 2 is 1.80 bits per heavy atom. The molecule has 1 atom stereocenters. The lowest BCUT2D eigenvalue weighted by Gasteiger charge is -2.25. The van der Waals surface area contributed by atoms with E-state index in [2.05, 4.69) is 6.92 Å². The zero-order valence-electron chi connectivity index (χ0n) is 11.8. The summed E-state index contributed by atoms with van der Waals surface area (Å²) in [6, 6.07) is 14.8. The van der Waals surface area contributed by atoms with Gasteiger partial charge in [0.05, 0.1) is 6.61 Å². The minimum atomic E-state index is -1.08. The Kier molecular flexibility index (Phi) is 4.69. The Balaban J connectivity index is 2.25. The second kappa shape index (κ2) is 6.29. The summed E-state index contributed by atoms with van der Waals surface area (Å²) in [6.07, 6.45) is 0.974. The third-order valence-electron chi connectivity index (χ3n) is 3.28. The highest BCUT2D eigenvalue weighted by Gasteiger charge is 2.25. The summed E-state index contributed by atoms with van der Waals surface area (Å²) in [4.78, 5) is 0. The number of benzene rings is 2. The number of hydrogen-bond acceptors (Lipinski definition) is 2. The molecule has 0 spiro atoms. The zero-order valence-corrected chi connectivity index (χ0v) is 12.5. The summed E-state index contributed by atoms with van der Waals surface area (Å²) in [7, 11) is 0. The molecule has 0 heterocycles. The van der Waals surface area contributed by atoms with E-state index in [9.17, 15) is 5.11 Å². The summed E-state index contributed by atoms with van der Waals surface area (Å²) < 4.78 is 5.54. The van der Waals surface area contributed by atoms with Gasteiger partial charge in [-0.25, -0.2) is 0 Å². The Morgan fingerprint density at radius 3 is 2.40 bits per heavy atom. The number of rotatable bonds is 5. The molecule has 0 saturated heterocycles. The van der Waals surface area contributed by atoms with Crippen molar-refractivity contribution in [1.29, 1.82) is 0 Å². The molecule has 0 aliphatic carbocycles. The van der Waals surface area contributed by atoms with Gasteiger partial charge < -0.3 is 9.84 Å². The van der Waals surface area contributed by atoms with Crippen LogP contribution in [0.2, 0.25) is 5.02 Å². The fourth-order valence-electron chi connectivity index (χ4n) is 2.05. The Labute approximate surface area is 125 Å². The predicted octanol–water partition coefficient (Wildman–Crippen LogP) is 4.38. The maximum absolute atomic E-state index is 10.7. The lowest BCUT2D eigenvalue weighted by Crippen LogP contribution is -2.22. The van der Waals surface area contributed by atoms with E-state index in [1.165, 1.54) is 0 Å². The topological polar surface area (TPSA) is 29.5 Å². The average Bonchev–Trinajstić information content (AvgIpc) is 2.45. The van der Waals surface area contributed by atoms with Crippen molar-refractivity contribution in [2.75, 3.05) is 6.61 Å². The first-order valence-electron chi connectivity index (χ1n) is 6.76. The van der Waals surface area contributed by atoms with Gasteiger partial charge in [0, 0.05) is 5.02 Å². The van der Waals surface area contributed by atoms with E-state index in [4.69, 9.17) is 16.3 Å². The Morgan fingerprint density at radius 1 is 1.10 bits per heavy atom. The molecule has 0 aromatic heterocycles. The molecule has 1 unspecified atom stereocenters. The monoisotopic (exact) mass is 290 g/mol. The minimum Gasteiger partial charge on any atom is -0.494 e. The molecule has 0 aliphatic rings. The molecule has 106 valence electrons. The maximum Gasteiger partial charge on any atom is 0.119 e. The van der Waals surface area contributed by atoms with Crippen LogP contribution in [0.5, 0.6) is 5.75 Å². The number of hydrogen-bond donors (Lipinski definition) is 1. The molecular weight excluding hydrogens is 272 g/mol. The van der Waals surface area contributed by atoms with E-state index in [1.54, 1.807) is 19.1 Å². The number of halogens is 1. The largest absolute Gasteiger partial charge is 0.494 e. The van der Waals surface area contributed by atoms with Crippen molar-refractivity contribution in [2.45, 2.75) is 25.9 Å². The van der Waals surface area contributed by atoms with Crippen LogP contribution in [-0.4, -0.2) is 11.7 Å². The normalized spacial score (nSPS) is 13.8. The Bertz CT molecular complexity index is 561. The van der Waals surface area contributed by atoms with Gasteiger partial charge in [0.25, 0.3) is 0 Å². The molecule has 0 radical (unpaired) electrons. The average molecular weight is 291 g/mol. The van der Waals surface area contributed by atoms with Crippen LogP contribution in [0.4, 0.5) is 0 Å². The molecule has 0 amide bonds. The summed E-state index contributed by atoms with van der Waals surface area (Å²) in [6.45, 7) is 4.53. The zero-order chi connectivity index (χ0) is 14.6. The molecule has 2 nitrogen and oxygen atoms in total. The Hall–Kier alpha value is -1.51. The maximum atomic E-state index is 10.7. The first kappa shape index (κ1) is 14.9. The summed E-state index contributed by atoms with van der Waals surface area (Å²) in [5, 5.41) is 11.4. The molecular formula is C17H19ClO2. The van der Waals surface area contributed by atoms with Crippen molar-refractivity contribution in [1.82, 2.24) is 0 Å². The van der Waals surface area contributed by atoms with Gasteiger partial charge in [0.2, 0.25) is 0 Å².